The van der Waals surface area contributed by atoms with E-state index >= 15 is 0 Å². The normalized spacial score (nSPS) is 20.1. The predicted molar refractivity (Wildman–Crippen MR) is 153 cm³/mol. The Morgan fingerprint density at radius 1 is 1.03 bits per heavy atom. The van der Waals surface area contributed by atoms with Gasteiger partial charge in [-0.2, -0.15) is 11.8 Å². The highest BCUT2D eigenvalue weighted by Gasteiger charge is 2.49. The first kappa shape index (κ1) is 27.1. The van der Waals surface area contributed by atoms with Gasteiger partial charge in [0.15, 0.2) is 6.79 Å². The molecule has 38 heavy (non-hydrogen) atoms. The Labute approximate surface area is 236 Å². The second kappa shape index (κ2) is 13.0. The molecule has 0 N–H and O–H groups in total. The van der Waals surface area contributed by atoms with Crippen LogP contribution in [0.15, 0.2) is 77.3 Å². The zero-order valence-corrected chi connectivity index (χ0v) is 23.8. The van der Waals surface area contributed by atoms with Gasteiger partial charge in [0.25, 0.3) is 0 Å². The Morgan fingerprint density at radius 2 is 1.84 bits per heavy atom. The summed E-state index contributed by atoms with van der Waals surface area (Å²) in [4.78, 5) is 15.5. The second-order valence-corrected chi connectivity index (χ2v) is 11.7. The molecule has 1 amide bonds. The van der Waals surface area contributed by atoms with Crippen LogP contribution in [-0.4, -0.2) is 55.0 Å². The number of rotatable bonds is 12. The minimum atomic E-state index is -0.142. The van der Waals surface area contributed by atoms with Crippen LogP contribution in [0.4, 0.5) is 0 Å². The summed E-state index contributed by atoms with van der Waals surface area (Å²) in [5.41, 5.74) is 3.43. The zero-order valence-electron chi connectivity index (χ0n) is 21.4. The Kier molecular flexibility index (Phi) is 9.27. The maximum atomic E-state index is 13.6. The number of piperidine rings is 1. The number of amides is 1. The monoisotopic (exact) mass is 597 g/mol. The van der Waals surface area contributed by atoms with Crippen molar-refractivity contribution >= 4 is 33.6 Å². The van der Waals surface area contributed by atoms with Crippen molar-refractivity contribution in [3.8, 4) is 11.5 Å². The molecule has 2 aliphatic heterocycles. The van der Waals surface area contributed by atoms with E-state index in [1.165, 1.54) is 5.56 Å². The molecule has 2 aliphatic rings. The molecule has 0 spiro atoms. The Bertz CT molecular complexity index is 1210. The molecule has 0 saturated carbocycles. The van der Waals surface area contributed by atoms with Crippen molar-refractivity contribution in [1.82, 2.24) is 4.90 Å². The number of ether oxygens (including phenoxy) is 4. The topological polar surface area (TPSA) is 57.2 Å². The molecule has 0 aromatic heterocycles. The molecular weight excluding hydrogens is 566 g/mol. The number of aryl methyl sites for hydroxylation is 1. The smallest absolute Gasteiger partial charge is 0.224 e. The lowest BCUT2D eigenvalue weighted by Crippen LogP contribution is -2.50. The summed E-state index contributed by atoms with van der Waals surface area (Å²) in [6, 6.07) is 24.4. The van der Waals surface area contributed by atoms with Crippen LogP contribution < -0.4 is 9.47 Å². The second-order valence-electron chi connectivity index (χ2n) is 9.39. The molecule has 200 valence electrons. The van der Waals surface area contributed by atoms with E-state index in [0.29, 0.717) is 31.9 Å². The Balaban J connectivity index is 1.33. The molecule has 3 atom stereocenters. The van der Waals surface area contributed by atoms with E-state index in [-0.39, 0.29) is 30.1 Å². The van der Waals surface area contributed by atoms with Crippen LogP contribution in [0.1, 0.15) is 29.2 Å². The molecule has 0 radical (unpaired) electrons. The van der Waals surface area contributed by atoms with Gasteiger partial charge in [-0.25, -0.2) is 0 Å². The number of fused-ring (bicyclic) bond motifs is 3. The molecule has 0 aliphatic carbocycles. The van der Waals surface area contributed by atoms with Crippen LogP contribution in [0.3, 0.4) is 0 Å². The standard InChI is InChI=1S/C30H32BrNO5S/c1-34-14-15-35-20-36-24-11-12-25-26(17-24)37-30-27(38-16-13-21-5-3-2-4-6-21)18-28(33)32(29(25)30)19-22-7-9-23(31)10-8-22/h2-12,17,27,29-30H,13-16,18-20H2,1H3/t27-,29+,30-/m1/s1. The summed E-state index contributed by atoms with van der Waals surface area (Å²) in [5, 5.41) is 0.0755. The van der Waals surface area contributed by atoms with Gasteiger partial charge in [-0.3, -0.25) is 4.79 Å². The van der Waals surface area contributed by atoms with Gasteiger partial charge < -0.3 is 23.8 Å². The molecule has 1 saturated heterocycles. The molecule has 5 rings (SSSR count). The maximum absolute atomic E-state index is 13.6. The number of thioether (sulfide) groups is 1. The van der Waals surface area contributed by atoms with Gasteiger partial charge in [-0.05, 0) is 47.6 Å². The first-order valence-corrected chi connectivity index (χ1v) is 14.7. The quantitative estimate of drug-likeness (QED) is 0.188. The highest BCUT2D eigenvalue weighted by atomic mass is 79.9. The maximum Gasteiger partial charge on any atom is 0.224 e. The molecule has 3 aromatic rings. The number of methoxy groups -OCH3 is 1. The minimum absolute atomic E-state index is 0.0755. The van der Waals surface area contributed by atoms with Gasteiger partial charge in [-0.15, -0.1) is 0 Å². The molecule has 0 bridgehead atoms. The average molecular weight is 599 g/mol. The summed E-state index contributed by atoms with van der Waals surface area (Å²) in [7, 11) is 1.64. The number of hydrogen-bond acceptors (Lipinski definition) is 6. The van der Waals surface area contributed by atoms with Crippen LogP contribution in [0.25, 0.3) is 0 Å². The molecule has 8 heteroatoms. The number of benzene rings is 3. The van der Waals surface area contributed by atoms with Crippen LogP contribution in [0, 0.1) is 0 Å². The lowest BCUT2D eigenvalue weighted by molar-refractivity contribution is -0.140. The van der Waals surface area contributed by atoms with Crippen molar-refractivity contribution < 1.29 is 23.7 Å². The molecule has 0 unspecified atom stereocenters. The van der Waals surface area contributed by atoms with Crippen molar-refractivity contribution in [2.24, 2.45) is 0 Å². The van der Waals surface area contributed by atoms with Gasteiger partial charge in [-0.1, -0.05) is 58.4 Å². The highest BCUT2D eigenvalue weighted by molar-refractivity contribution is 9.10. The fraction of sp³-hybridized carbons (Fsp3) is 0.367. The van der Waals surface area contributed by atoms with E-state index in [0.717, 1.165) is 33.5 Å². The summed E-state index contributed by atoms with van der Waals surface area (Å²) >= 11 is 5.34. The van der Waals surface area contributed by atoms with Crippen LogP contribution in [-0.2, 0) is 27.2 Å². The molecule has 6 nitrogen and oxygen atoms in total. The van der Waals surface area contributed by atoms with E-state index in [4.69, 9.17) is 18.9 Å². The Morgan fingerprint density at radius 3 is 2.63 bits per heavy atom. The minimum Gasteiger partial charge on any atom is -0.486 e. The van der Waals surface area contributed by atoms with Crippen molar-refractivity contribution in [3.05, 3.63) is 94.0 Å². The number of likely N-dealkylation sites (tertiary alicyclic amines) is 1. The van der Waals surface area contributed by atoms with Crippen LogP contribution in [0.5, 0.6) is 11.5 Å². The van der Waals surface area contributed by atoms with E-state index in [1.54, 1.807) is 7.11 Å². The molecule has 2 heterocycles. The van der Waals surface area contributed by atoms with Crippen molar-refractivity contribution in [1.29, 1.82) is 0 Å². The van der Waals surface area contributed by atoms with Gasteiger partial charge >= 0.3 is 0 Å². The molecule has 3 aromatic carbocycles. The van der Waals surface area contributed by atoms with E-state index in [9.17, 15) is 4.79 Å². The number of carbonyl (C=O) groups is 1. The number of carbonyl (C=O) groups excluding carboxylic acids is 1. The van der Waals surface area contributed by atoms with Gasteiger partial charge in [0.1, 0.15) is 17.6 Å². The summed E-state index contributed by atoms with van der Waals surface area (Å²) < 4.78 is 23.8. The van der Waals surface area contributed by atoms with E-state index in [1.807, 2.05) is 53.1 Å². The van der Waals surface area contributed by atoms with Gasteiger partial charge in [0.05, 0.1) is 24.5 Å². The van der Waals surface area contributed by atoms with Crippen molar-refractivity contribution in [3.63, 3.8) is 0 Å². The molecule has 1 fully saturated rings. The average Bonchev–Trinajstić information content (AvgIpc) is 3.31. The zero-order chi connectivity index (χ0) is 26.3. The van der Waals surface area contributed by atoms with Gasteiger partial charge in [0, 0.05) is 36.2 Å². The van der Waals surface area contributed by atoms with Crippen molar-refractivity contribution in [2.75, 3.05) is 32.9 Å². The number of nitrogens with zero attached hydrogens (tertiary/aromatic N) is 1. The van der Waals surface area contributed by atoms with E-state index < -0.39 is 0 Å². The first-order chi connectivity index (χ1) is 18.6. The third-order valence-corrected chi connectivity index (χ3v) is 8.68. The third-order valence-electron chi connectivity index (χ3n) is 6.85. The van der Waals surface area contributed by atoms with Crippen LogP contribution in [0.2, 0.25) is 0 Å². The lowest BCUT2D eigenvalue weighted by Gasteiger charge is -2.40. The third kappa shape index (κ3) is 6.54. The summed E-state index contributed by atoms with van der Waals surface area (Å²) in [6.45, 7) is 1.67. The largest absolute Gasteiger partial charge is 0.486 e. The fourth-order valence-electron chi connectivity index (χ4n) is 4.93. The van der Waals surface area contributed by atoms with E-state index in [2.05, 4.69) is 52.3 Å². The van der Waals surface area contributed by atoms with Crippen molar-refractivity contribution in [2.45, 2.75) is 36.8 Å². The summed E-state index contributed by atoms with van der Waals surface area (Å²) in [5.74, 6) is 2.55. The highest BCUT2D eigenvalue weighted by Crippen LogP contribution is 2.49. The van der Waals surface area contributed by atoms with Crippen LogP contribution >= 0.6 is 27.7 Å². The first-order valence-electron chi connectivity index (χ1n) is 12.8. The molecular formula is C30H32BrNO5S. The Hall–Kier alpha value is -2.52. The fourth-order valence-corrected chi connectivity index (χ4v) is 6.51. The predicted octanol–water partition coefficient (Wildman–Crippen LogP) is 6.03. The number of halogens is 1. The SMILES string of the molecule is COCCOCOc1ccc2c(c1)O[C@@H]1[C@H](SCCc3ccccc3)CC(=O)N(Cc3ccc(Br)cc3)[C@@H]21. The van der Waals surface area contributed by atoms with Gasteiger partial charge in [0.2, 0.25) is 5.91 Å². The lowest BCUT2D eigenvalue weighted by atomic mass is 9.93. The number of hydrogen-bond donors (Lipinski definition) is 0. The summed E-state index contributed by atoms with van der Waals surface area (Å²) in [6.07, 6.45) is 1.30.